The summed E-state index contributed by atoms with van der Waals surface area (Å²) in [6, 6.07) is 16.2. The number of halogens is 2. The maximum absolute atomic E-state index is 11.8. The average Bonchev–Trinajstić information content (AvgIpc) is 3.88. The first-order valence-electron chi connectivity index (χ1n) is 18.3. The smallest absolute Gasteiger partial charge is 0.310 e. The van der Waals surface area contributed by atoms with Crippen molar-refractivity contribution in [2.24, 2.45) is 5.41 Å². The number of hydrogen-bond acceptors (Lipinski definition) is 9. The van der Waals surface area contributed by atoms with E-state index < -0.39 is 11.4 Å². The lowest BCUT2D eigenvalue weighted by Gasteiger charge is -2.22. The third kappa shape index (κ3) is 7.60. The van der Waals surface area contributed by atoms with E-state index in [1.54, 1.807) is 21.1 Å². The molecule has 11 nitrogen and oxygen atoms in total. The topological polar surface area (TPSA) is 135 Å². The molecule has 2 saturated heterocycles. The SMILES string of the molecule is COc1nc(O[C@H]2CCc3c(-c4cccc(-c5cc(C)c(CNC[C@@H]6CCC(=O)N6)c(OC)n5)c4Cl)cccc32)c(Cl)cc1CN1CC[C@](C)(C(=O)O)C1. The lowest BCUT2D eigenvalue weighted by Crippen LogP contribution is -2.35. The highest BCUT2D eigenvalue weighted by atomic mass is 35.5. The average molecular weight is 775 g/mol. The highest BCUT2D eigenvalue weighted by Gasteiger charge is 2.40. The normalized spacial score (nSPS) is 20.9. The minimum absolute atomic E-state index is 0.0999. The summed E-state index contributed by atoms with van der Waals surface area (Å²) in [4.78, 5) is 35.0. The summed E-state index contributed by atoms with van der Waals surface area (Å²) in [6.45, 7) is 6.63. The number of fused-ring (bicyclic) bond motifs is 1. The van der Waals surface area contributed by atoms with Crippen molar-refractivity contribution in [2.45, 2.75) is 71.2 Å². The number of amides is 1. The van der Waals surface area contributed by atoms with Crippen LogP contribution in [0.25, 0.3) is 22.4 Å². The van der Waals surface area contributed by atoms with Crippen LogP contribution in [0, 0.1) is 12.3 Å². The number of likely N-dealkylation sites (tertiary alicyclic amines) is 1. The number of rotatable bonds is 13. The second kappa shape index (κ2) is 15.7. The van der Waals surface area contributed by atoms with Crippen LogP contribution in [0.15, 0.2) is 48.5 Å². The van der Waals surface area contributed by atoms with Crippen LogP contribution in [-0.4, -0.2) is 71.7 Å². The molecule has 2 aromatic carbocycles. The lowest BCUT2D eigenvalue weighted by atomic mass is 9.90. The number of carboxylic acids is 1. The van der Waals surface area contributed by atoms with Gasteiger partial charge in [-0.05, 0) is 80.5 Å². The van der Waals surface area contributed by atoms with Gasteiger partial charge in [0.2, 0.25) is 23.5 Å². The first kappa shape index (κ1) is 37.9. The van der Waals surface area contributed by atoms with E-state index in [9.17, 15) is 14.7 Å². The molecule has 3 aliphatic rings. The molecule has 0 bridgehead atoms. The molecule has 0 radical (unpaired) electrons. The van der Waals surface area contributed by atoms with Crippen molar-refractivity contribution in [3.8, 4) is 40.0 Å². The Hall–Kier alpha value is -4.42. The number of nitrogens with one attached hydrogen (secondary N) is 2. The highest BCUT2D eigenvalue weighted by molar-refractivity contribution is 6.36. The third-order valence-corrected chi connectivity index (χ3v) is 11.6. The minimum atomic E-state index is -0.789. The van der Waals surface area contributed by atoms with Crippen LogP contribution in [0.2, 0.25) is 10.0 Å². The summed E-state index contributed by atoms with van der Waals surface area (Å²) < 4.78 is 17.9. The number of benzene rings is 2. The molecule has 3 atom stereocenters. The zero-order chi connectivity index (χ0) is 38.1. The van der Waals surface area contributed by atoms with Gasteiger partial charge < -0.3 is 30.0 Å². The Labute approximate surface area is 325 Å². The van der Waals surface area contributed by atoms with Gasteiger partial charge in [0.1, 0.15) is 11.1 Å². The summed E-state index contributed by atoms with van der Waals surface area (Å²) in [5, 5.41) is 17.1. The van der Waals surface area contributed by atoms with Crippen LogP contribution < -0.4 is 24.8 Å². The summed E-state index contributed by atoms with van der Waals surface area (Å²) in [7, 11) is 3.18. The van der Waals surface area contributed by atoms with E-state index in [4.69, 9.17) is 42.4 Å². The second-order valence-corrected chi connectivity index (χ2v) is 15.5. The van der Waals surface area contributed by atoms with E-state index in [-0.39, 0.29) is 23.9 Å². The first-order valence-corrected chi connectivity index (χ1v) is 19.0. The van der Waals surface area contributed by atoms with Crippen molar-refractivity contribution in [1.29, 1.82) is 0 Å². The molecule has 0 saturated carbocycles. The van der Waals surface area contributed by atoms with Crippen LogP contribution in [-0.2, 0) is 29.1 Å². The molecular weight excluding hydrogens is 729 g/mol. The molecule has 3 N–H and O–H groups in total. The van der Waals surface area contributed by atoms with Gasteiger partial charge in [-0.25, -0.2) is 4.98 Å². The van der Waals surface area contributed by atoms with Crippen LogP contribution >= 0.6 is 23.2 Å². The number of hydrogen-bond donors (Lipinski definition) is 3. The maximum atomic E-state index is 11.8. The van der Waals surface area contributed by atoms with E-state index in [0.29, 0.717) is 67.4 Å². The zero-order valence-corrected chi connectivity index (χ0v) is 32.4. The van der Waals surface area contributed by atoms with E-state index >= 15 is 0 Å². The van der Waals surface area contributed by atoms with Crippen molar-refractivity contribution >= 4 is 35.1 Å². The van der Waals surface area contributed by atoms with Crippen LogP contribution in [0.4, 0.5) is 0 Å². The summed E-state index contributed by atoms with van der Waals surface area (Å²) in [6.07, 6.45) is 3.20. The Morgan fingerprint density at radius 3 is 2.50 bits per heavy atom. The Bertz CT molecular complexity index is 2100. The standard InChI is InChI=1S/C41H45Cl2N5O6/c1-23-17-33(46-38(53-4)31(23)20-44-19-25-11-14-35(49)45-25)30-10-6-9-29(36(30)43)26-7-5-8-28-27(26)12-13-34(28)54-39-32(42)18-24(37(47-39)52-3)21-48-16-15-41(2,22-48)40(50)51/h5-10,17-18,25,34,44H,11-16,19-22H2,1-4H3,(H,45,49)(H,50,51)/t25-,34-,41-/m0/s1. The van der Waals surface area contributed by atoms with Gasteiger partial charge in [-0.2, -0.15) is 4.98 Å². The van der Waals surface area contributed by atoms with E-state index in [1.807, 2.05) is 43.3 Å². The molecule has 13 heteroatoms. The summed E-state index contributed by atoms with van der Waals surface area (Å²) >= 11 is 14.0. The minimum Gasteiger partial charge on any atom is -0.481 e. The molecule has 2 aromatic heterocycles. The Morgan fingerprint density at radius 2 is 1.78 bits per heavy atom. The van der Waals surface area contributed by atoms with Gasteiger partial charge in [0, 0.05) is 60.9 Å². The fourth-order valence-electron chi connectivity index (χ4n) is 7.93. The van der Waals surface area contributed by atoms with Crippen molar-refractivity contribution in [3.63, 3.8) is 0 Å². The Kier molecular flexibility index (Phi) is 11.0. The van der Waals surface area contributed by atoms with Crippen molar-refractivity contribution < 1.29 is 28.9 Å². The van der Waals surface area contributed by atoms with Crippen molar-refractivity contribution in [3.05, 3.63) is 86.4 Å². The number of carbonyl (C=O) groups is 2. The molecule has 54 heavy (non-hydrogen) atoms. The lowest BCUT2D eigenvalue weighted by molar-refractivity contribution is -0.147. The molecule has 4 aromatic rings. The largest absolute Gasteiger partial charge is 0.481 e. The molecule has 4 heterocycles. The molecule has 0 unspecified atom stereocenters. The number of pyridine rings is 2. The predicted molar refractivity (Wildman–Crippen MR) is 207 cm³/mol. The van der Waals surface area contributed by atoms with Crippen molar-refractivity contribution in [2.75, 3.05) is 33.9 Å². The van der Waals surface area contributed by atoms with Crippen molar-refractivity contribution in [1.82, 2.24) is 25.5 Å². The van der Waals surface area contributed by atoms with Gasteiger partial charge >= 0.3 is 5.97 Å². The molecule has 7 rings (SSSR count). The number of nitrogens with zero attached hydrogens (tertiary/aromatic N) is 3. The van der Waals surface area contributed by atoms with E-state index in [2.05, 4.69) is 32.7 Å². The zero-order valence-electron chi connectivity index (χ0n) is 30.9. The van der Waals surface area contributed by atoms with E-state index in [0.717, 1.165) is 69.5 Å². The fraction of sp³-hybridized carbons (Fsp3) is 0.415. The van der Waals surface area contributed by atoms with Gasteiger partial charge in [-0.1, -0.05) is 59.6 Å². The molecular formula is C41H45Cl2N5O6. The van der Waals surface area contributed by atoms with E-state index in [1.165, 1.54) is 0 Å². The van der Waals surface area contributed by atoms with Gasteiger partial charge in [0.25, 0.3) is 0 Å². The predicted octanol–water partition coefficient (Wildman–Crippen LogP) is 7.17. The number of carboxylic acid groups (broad SMARTS) is 1. The number of methoxy groups -OCH3 is 2. The Morgan fingerprint density at radius 1 is 1.02 bits per heavy atom. The second-order valence-electron chi connectivity index (χ2n) is 14.7. The number of aliphatic carboxylic acids is 1. The molecule has 284 valence electrons. The first-order chi connectivity index (χ1) is 26.0. The van der Waals surface area contributed by atoms with Gasteiger partial charge in [0.15, 0.2) is 0 Å². The Balaban J connectivity index is 1.10. The molecule has 1 aliphatic carbocycles. The van der Waals surface area contributed by atoms with Crippen LogP contribution in [0.1, 0.15) is 66.5 Å². The molecule has 2 aliphatic heterocycles. The molecule has 0 spiro atoms. The maximum Gasteiger partial charge on any atom is 0.310 e. The number of ether oxygens (including phenoxy) is 3. The quantitative estimate of drug-likeness (QED) is 0.128. The third-order valence-electron chi connectivity index (χ3n) is 11.0. The number of aryl methyl sites for hydroxylation is 1. The van der Waals surface area contributed by atoms with Crippen LogP contribution in [0.3, 0.4) is 0 Å². The van der Waals surface area contributed by atoms with Gasteiger partial charge in [-0.3, -0.25) is 14.5 Å². The summed E-state index contributed by atoms with van der Waals surface area (Å²) in [5.41, 5.74) is 7.63. The summed E-state index contributed by atoms with van der Waals surface area (Å²) in [5.74, 6) is 0.532. The number of aromatic nitrogens is 2. The molecule has 2 fully saturated rings. The van der Waals surface area contributed by atoms with Crippen LogP contribution in [0.5, 0.6) is 17.6 Å². The van der Waals surface area contributed by atoms with Gasteiger partial charge in [-0.15, -0.1) is 0 Å². The molecule has 1 amide bonds. The monoisotopic (exact) mass is 773 g/mol. The number of carbonyl (C=O) groups excluding carboxylic acids is 1. The highest BCUT2D eigenvalue weighted by Crippen LogP contribution is 2.45. The fourth-order valence-corrected chi connectivity index (χ4v) is 8.47. The van der Waals surface area contributed by atoms with Gasteiger partial charge in [0.05, 0.1) is 30.4 Å².